The van der Waals surface area contributed by atoms with E-state index >= 15 is 0 Å². The number of likely N-dealkylation sites (tertiary alicyclic amines) is 1. The number of Topliss-reactive ketones (excluding diaryl/α,β-unsaturated/α-hetero) is 1. The van der Waals surface area contributed by atoms with Gasteiger partial charge in [-0.15, -0.1) is 11.3 Å². The summed E-state index contributed by atoms with van der Waals surface area (Å²) in [6.07, 6.45) is 6.67. The minimum atomic E-state index is 0.290. The second-order valence-electron chi connectivity index (χ2n) is 5.40. The van der Waals surface area contributed by atoms with E-state index in [1.54, 1.807) is 11.3 Å². The molecule has 2 unspecified atom stereocenters. The van der Waals surface area contributed by atoms with Crippen molar-refractivity contribution >= 4 is 33.0 Å². The lowest BCUT2D eigenvalue weighted by atomic mass is 9.92. The Labute approximate surface area is 120 Å². The van der Waals surface area contributed by atoms with Gasteiger partial charge in [-0.05, 0) is 66.2 Å². The van der Waals surface area contributed by atoms with E-state index in [1.165, 1.54) is 32.1 Å². The molecule has 2 nitrogen and oxygen atoms in total. The number of hydrogen-bond acceptors (Lipinski definition) is 3. The van der Waals surface area contributed by atoms with Crippen LogP contribution in [0.5, 0.6) is 0 Å². The summed E-state index contributed by atoms with van der Waals surface area (Å²) in [4.78, 5) is 15.6. The van der Waals surface area contributed by atoms with Gasteiger partial charge in [-0.25, -0.2) is 0 Å². The summed E-state index contributed by atoms with van der Waals surface area (Å²) in [6, 6.07) is 4.59. The van der Waals surface area contributed by atoms with Gasteiger partial charge in [0.2, 0.25) is 0 Å². The highest BCUT2D eigenvalue weighted by molar-refractivity contribution is 9.11. The van der Waals surface area contributed by atoms with E-state index in [-0.39, 0.29) is 0 Å². The first kappa shape index (κ1) is 12.8. The molecule has 0 amide bonds. The van der Waals surface area contributed by atoms with Gasteiger partial charge in [-0.1, -0.05) is 6.42 Å². The molecule has 0 bridgehead atoms. The third kappa shape index (κ3) is 2.56. The normalized spacial score (nSPS) is 28.3. The van der Waals surface area contributed by atoms with Gasteiger partial charge in [0, 0.05) is 6.04 Å². The molecule has 2 aliphatic rings. The summed E-state index contributed by atoms with van der Waals surface area (Å²) in [5.41, 5.74) is 0. The molecule has 0 aromatic carbocycles. The molecule has 1 saturated carbocycles. The summed E-state index contributed by atoms with van der Waals surface area (Å²) in [5.74, 6) is 1.15. The average Bonchev–Trinajstić information content (AvgIpc) is 2.97. The first-order valence-corrected chi connectivity index (χ1v) is 8.37. The molecule has 1 saturated heterocycles. The van der Waals surface area contributed by atoms with E-state index in [2.05, 4.69) is 20.8 Å². The number of hydrogen-bond donors (Lipinski definition) is 0. The van der Waals surface area contributed by atoms with Gasteiger partial charge in [0.05, 0.1) is 15.2 Å². The Bertz CT molecular complexity index is 445. The van der Waals surface area contributed by atoms with Gasteiger partial charge < -0.3 is 0 Å². The van der Waals surface area contributed by atoms with Crippen molar-refractivity contribution in [2.45, 2.75) is 38.1 Å². The van der Waals surface area contributed by atoms with E-state index < -0.39 is 0 Å². The van der Waals surface area contributed by atoms with E-state index in [9.17, 15) is 4.79 Å². The Hall–Kier alpha value is -0.190. The number of halogens is 1. The molecule has 2 fully saturated rings. The highest BCUT2D eigenvalue weighted by atomic mass is 79.9. The van der Waals surface area contributed by atoms with Crippen LogP contribution in [-0.4, -0.2) is 29.8 Å². The highest BCUT2D eigenvalue weighted by Gasteiger charge is 2.35. The Morgan fingerprint density at radius 2 is 2.17 bits per heavy atom. The van der Waals surface area contributed by atoms with Crippen LogP contribution >= 0.6 is 27.3 Å². The SMILES string of the molecule is O=C(CN1CCCC2CCCC21)c1ccc(Br)s1. The van der Waals surface area contributed by atoms with Crippen molar-refractivity contribution in [2.24, 2.45) is 5.92 Å². The fraction of sp³-hybridized carbons (Fsp3) is 0.643. The van der Waals surface area contributed by atoms with E-state index in [4.69, 9.17) is 0 Å². The van der Waals surface area contributed by atoms with Crippen LogP contribution in [0.1, 0.15) is 41.8 Å². The molecule has 1 aliphatic heterocycles. The van der Waals surface area contributed by atoms with Crippen LogP contribution in [0.25, 0.3) is 0 Å². The summed E-state index contributed by atoms with van der Waals surface area (Å²) in [6.45, 7) is 1.73. The van der Waals surface area contributed by atoms with E-state index in [1.807, 2.05) is 12.1 Å². The molecule has 1 aromatic heterocycles. The molecule has 1 aromatic rings. The van der Waals surface area contributed by atoms with Gasteiger partial charge in [-0.3, -0.25) is 9.69 Å². The van der Waals surface area contributed by atoms with Crippen LogP contribution in [0, 0.1) is 5.92 Å². The standard InChI is InChI=1S/C14H18BrNOS/c15-14-7-6-13(18-14)12(17)9-16-8-2-4-10-3-1-5-11(10)16/h6-7,10-11H,1-5,8-9H2. The molecule has 1 aliphatic carbocycles. The van der Waals surface area contributed by atoms with Gasteiger partial charge in [0.25, 0.3) is 0 Å². The molecule has 3 rings (SSSR count). The van der Waals surface area contributed by atoms with Crippen molar-refractivity contribution in [2.75, 3.05) is 13.1 Å². The zero-order valence-electron chi connectivity index (χ0n) is 10.4. The van der Waals surface area contributed by atoms with Gasteiger partial charge in [0.1, 0.15) is 0 Å². The Kier molecular flexibility index (Phi) is 3.87. The predicted molar refractivity (Wildman–Crippen MR) is 78.3 cm³/mol. The van der Waals surface area contributed by atoms with Crippen molar-refractivity contribution in [1.29, 1.82) is 0 Å². The minimum Gasteiger partial charge on any atom is -0.293 e. The van der Waals surface area contributed by atoms with Crippen LogP contribution in [-0.2, 0) is 0 Å². The molecule has 2 heterocycles. The van der Waals surface area contributed by atoms with Crippen molar-refractivity contribution in [1.82, 2.24) is 4.90 Å². The molecular weight excluding hydrogens is 310 g/mol. The predicted octanol–water partition coefficient (Wildman–Crippen LogP) is 3.96. The zero-order valence-corrected chi connectivity index (χ0v) is 12.8. The number of thiophene rings is 1. The number of carbonyl (C=O) groups excluding carboxylic acids is 1. The third-order valence-electron chi connectivity index (χ3n) is 4.30. The number of rotatable bonds is 3. The largest absolute Gasteiger partial charge is 0.293 e. The van der Waals surface area contributed by atoms with Gasteiger partial charge in [-0.2, -0.15) is 0 Å². The summed E-state index contributed by atoms with van der Waals surface area (Å²) >= 11 is 4.97. The molecule has 18 heavy (non-hydrogen) atoms. The highest BCUT2D eigenvalue weighted by Crippen LogP contribution is 2.36. The lowest BCUT2D eigenvalue weighted by Gasteiger charge is -2.37. The fourth-order valence-electron chi connectivity index (χ4n) is 3.48. The summed E-state index contributed by atoms with van der Waals surface area (Å²) in [5, 5.41) is 0. The quantitative estimate of drug-likeness (QED) is 0.783. The summed E-state index contributed by atoms with van der Waals surface area (Å²) in [7, 11) is 0. The Morgan fingerprint density at radius 3 is 2.94 bits per heavy atom. The summed E-state index contributed by atoms with van der Waals surface area (Å²) < 4.78 is 1.04. The molecule has 0 spiro atoms. The van der Waals surface area contributed by atoms with Crippen LogP contribution < -0.4 is 0 Å². The van der Waals surface area contributed by atoms with Crippen LogP contribution in [0.2, 0.25) is 0 Å². The average molecular weight is 328 g/mol. The molecule has 2 atom stereocenters. The number of fused-ring (bicyclic) bond motifs is 1. The van der Waals surface area contributed by atoms with Crippen molar-refractivity contribution in [3.63, 3.8) is 0 Å². The lowest BCUT2D eigenvalue weighted by Crippen LogP contribution is -2.44. The third-order valence-corrected chi connectivity index (χ3v) is 5.97. The number of ketones is 1. The van der Waals surface area contributed by atoms with Crippen LogP contribution in [0.15, 0.2) is 15.9 Å². The topological polar surface area (TPSA) is 20.3 Å². The Morgan fingerprint density at radius 1 is 1.33 bits per heavy atom. The van der Waals surface area contributed by atoms with Gasteiger partial charge >= 0.3 is 0 Å². The second kappa shape index (κ2) is 5.43. The number of carbonyl (C=O) groups is 1. The molecule has 0 radical (unpaired) electrons. The van der Waals surface area contributed by atoms with Crippen molar-refractivity contribution in [3.05, 3.63) is 20.8 Å². The fourth-order valence-corrected chi connectivity index (χ4v) is 4.80. The van der Waals surface area contributed by atoms with E-state index in [0.29, 0.717) is 18.4 Å². The number of piperidine rings is 1. The van der Waals surface area contributed by atoms with Crippen LogP contribution in [0.3, 0.4) is 0 Å². The molecule has 4 heteroatoms. The minimum absolute atomic E-state index is 0.290. The molecule has 0 N–H and O–H groups in total. The second-order valence-corrected chi connectivity index (χ2v) is 7.86. The van der Waals surface area contributed by atoms with Crippen molar-refractivity contribution in [3.8, 4) is 0 Å². The number of nitrogens with zero attached hydrogens (tertiary/aromatic N) is 1. The van der Waals surface area contributed by atoms with Crippen molar-refractivity contribution < 1.29 is 4.79 Å². The zero-order chi connectivity index (χ0) is 12.5. The first-order chi connectivity index (χ1) is 8.74. The monoisotopic (exact) mass is 327 g/mol. The smallest absolute Gasteiger partial charge is 0.186 e. The van der Waals surface area contributed by atoms with Gasteiger partial charge in [0.15, 0.2) is 5.78 Å². The van der Waals surface area contributed by atoms with E-state index in [0.717, 1.165) is 21.1 Å². The Balaban J connectivity index is 1.66. The first-order valence-electron chi connectivity index (χ1n) is 6.76. The maximum atomic E-state index is 12.3. The maximum absolute atomic E-state index is 12.3. The lowest BCUT2D eigenvalue weighted by molar-refractivity contribution is 0.0780. The van der Waals surface area contributed by atoms with Crippen LogP contribution in [0.4, 0.5) is 0 Å². The maximum Gasteiger partial charge on any atom is 0.186 e. The molecular formula is C14H18BrNOS. The molecule has 98 valence electrons.